The molecule has 0 spiro atoms. The van der Waals surface area contributed by atoms with E-state index in [-0.39, 0.29) is 0 Å². The minimum Gasteiger partial charge on any atom is -0.378 e. The number of carbonyl (C=O) groups is 1. The van der Waals surface area contributed by atoms with Crippen LogP contribution in [0.5, 0.6) is 0 Å². The lowest BCUT2D eigenvalue weighted by Gasteiger charge is -2.30. The minimum atomic E-state index is -0.538. The van der Waals surface area contributed by atoms with E-state index < -0.39 is 5.91 Å². The summed E-state index contributed by atoms with van der Waals surface area (Å²) in [7, 11) is 0. The molecule has 1 saturated heterocycles. The first kappa shape index (κ1) is 18.0. The van der Waals surface area contributed by atoms with Crippen molar-refractivity contribution >= 4 is 45.8 Å². The van der Waals surface area contributed by atoms with Gasteiger partial charge in [0, 0.05) is 41.1 Å². The molecule has 0 saturated carbocycles. The van der Waals surface area contributed by atoms with Crippen molar-refractivity contribution in [2.45, 2.75) is 0 Å². The number of pyridine rings is 2. The van der Waals surface area contributed by atoms with Crippen molar-refractivity contribution in [3.63, 3.8) is 0 Å². The van der Waals surface area contributed by atoms with Crippen LogP contribution < -0.4 is 10.6 Å². The smallest absolute Gasteiger partial charge is 0.252 e. The lowest BCUT2D eigenvalue weighted by molar-refractivity contribution is 0.0998. The van der Waals surface area contributed by atoms with Crippen molar-refractivity contribution in [2.75, 3.05) is 31.2 Å². The molecule has 1 aliphatic rings. The molecular weight excluding hydrogens is 387 g/mol. The van der Waals surface area contributed by atoms with Crippen LogP contribution in [0.3, 0.4) is 0 Å². The number of anilines is 1. The molecule has 1 amide bonds. The standard InChI is InChI=1S/C19H16Cl2N4O2/c20-12-7-11(8-13(21)9-12)14-1-2-23-17-16(14)24-10-15(19(22)26)18(17)25-3-5-27-6-4-25/h1-2,7-10H,3-6H2,(H2,22,26). The zero-order valence-corrected chi connectivity index (χ0v) is 15.8. The summed E-state index contributed by atoms with van der Waals surface area (Å²) < 4.78 is 5.43. The third kappa shape index (κ3) is 3.43. The van der Waals surface area contributed by atoms with E-state index in [0.717, 1.165) is 11.1 Å². The summed E-state index contributed by atoms with van der Waals surface area (Å²) in [6.07, 6.45) is 3.19. The van der Waals surface area contributed by atoms with Gasteiger partial charge in [0.1, 0.15) is 5.52 Å². The van der Waals surface area contributed by atoms with E-state index >= 15 is 0 Å². The molecule has 6 nitrogen and oxygen atoms in total. The summed E-state index contributed by atoms with van der Waals surface area (Å²) in [5.74, 6) is -0.538. The Hall–Kier alpha value is -2.41. The first-order chi connectivity index (χ1) is 13.0. The van der Waals surface area contributed by atoms with Gasteiger partial charge in [0.15, 0.2) is 0 Å². The molecule has 0 unspecified atom stereocenters. The van der Waals surface area contributed by atoms with Crippen molar-refractivity contribution in [3.8, 4) is 11.1 Å². The summed E-state index contributed by atoms with van der Waals surface area (Å²) in [4.78, 5) is 23.1. The normalized spacial score (nSPS) is 14.5. The quantitative estimate of drug-likeness (QED) is 0.724. The van der Waals surface area contributed by atoms with Crippen molar-refractivity contribution < 1.29 is 9.53 Å². The Morgan fingerprint density at radius 2 is 1.78 bits per heavy atom. The molecule has 138 valence electrons. The number of rotatable bonds is 3. The average Bonchev–Trinajstić information content (AvgIpc) is 2.66. The fourth-order valence-corrected chi connectivity index (χ4v) is 3.83. The largest absolute Gasteiger partial charge is 0.378 e. The molecule has 2 aromatic heterocycles. The SMILES string of the molecule is NC(=O)c1cnc2c(-c3cc(Cl)cc(Cl)c3)ccnc2c1N1CCOCC1. The number of hydrogen-bond acceptors (Lipinski definition) is 5. The van der Waals surface area contributed by atoms with Crippen molar-refractivity contribution in [1.29, 1.82) is 0 Å². The summed E-state index contributed by atoms with van der Waals surface area (Å²) in [6.45, 7) is 2.44. The molecule has 3 aromatic rings. The molecule has 1 aromatic carbocycles. The third-order valence-corrected chi connectivity index (χ3v) is 4.93. The van der Waals surface area contributed by atoms with E-state index in [1.807, 2.05) is 18.2 Å². The van der Waals surface area contributed by atoms with Gasteiger partial charge in [-0.05, 0) is 29.8 Å². The number of primary amides is 1. The number of morpholine rings is 1. The molecule has 27 heavy (non-hydrogen) atoms. The van der Waals surface area contributed by atoms with E-state index in [4.69, 9.17) is 33.7 Å². The molecule has 8 heteroatoms. The first-order valence-corrected chi connectivity index (χ1v) is 9.17. The van der Waals surface area contributed by atoms with Crippen molar-refractivity contribution in [3.05, 3.63) is 52.3 Å². The van der Waals surface area contributed by atoms with Gasteiger partial charge in [-0.2, -0.15) is 0 Å². The number of fused-ring (bicyclic) bond motifs is 1. The zero-order chi connectivity index (χ0) is 19.0. The van der Waals surface area contributed by atoms with Crippen LogP contribution in [0, 0.1) is 0 Å². The summed E-state index contributed by atoms with van der Waals surface area (Å²) >= 11 is 12.3. The molecule has 3 heterocycles. The molecule has 1 fully saturated rings. The van der Waals surface area contributed by atoms with Crippen LogP contribution >= 0.6 is 23.2 Å². The molecule has 0 radical (unpaired) electrons. The van der Waals surface area contributed by atoms with E-state index in [9.17, 15) is 4.79 Å². The van der Waals surface area contributed by atoms with Gasteiger partial charge in [0.2, 0.25) is 0 Å². The maximum atomic E-state index is 12.0. The number of carbonyl (C=O) groups excluding carboxylic acids is 1. The Kier molecular flexibility index (Phi) is 4.86. The van der Waals surface area contributed by atoms with Crippen molar-refractivity contribution in [2.24, 2.45) is 5.73 Å². The highest BCUT2D eigenvalue weighted by Crippen LogP contribution is 2.35. The number of aromatic nitrogens is 2. The fourth-order valence-electron chi connectivity index (χ4n) is 3.31. The number of benzene rings is 1. The Morgan fingerprint density at radius 3 is 2.44 bits per heavy atom. The summed E-state index contributed by atoms with van der Waals surface area (Å²) in [6, 6.07) is 7.17. The summed E-state index contributed by atoms with van der Waals surface area (Å²) in [5, 5.41) is 1.06. The van der Waals surface area contributed by atoms with Crippen LogP contribution in [0.2, 0.25) is 10.0 Å². The van der Waals surface area contributed by atoms with Crippen LogP contribution in [-0.4, -0.2) is 42.2 Å². The maximum absolute atomic E-state index is 12.0. The second-order valence-electron chi connectivity index (χ2n) is 6.20. The van der Waals surface area contributed by atoms with Crippen LogP contribution in [0.25, 0.3) is 22.2 Å². The molecule has 0 aliphatic carbocycles. The summed E-state index contributed by atoms with van der Waals surface area (Å²) in [5.41, 5.74) is 9.56. The van der Waals surface area contributed by atoms with Gasteiger partial charge >= 0.3 is 0 Å². The van der Waals surface area contributed by atoms with Crippen LogP contribution in [-0.2, 0) is 4.74 Å². The number of amides is 1. The second-order valence-corrected chi connectivity index (χ2v) is 7.07. The minimum absolute atomic E-state index is 0.346. The lowest BCUT2D eigenvalue weighted by Crippen LogP contribution is -2.37. The first-order valence-electron chi connectivity index (χ1n) is 8.41. The number of nitrogens with two attached hydrogens (primary N) is 1. The highest BCUT2D eigenvalue weighted by molar-refractivity contribution is 6.35. The van der Waals surface area contributed by atoms with Crippen LogP contribution in [0.4, 0.5) is 5.69 Å². The van der Waals surface area contributed by atoms with Gasteiger partial charge in [-0.25, -0.2) is 0 Å². The molecular formula is C19H16Cl2N4O2. The van der Waals surface area contributed by atoms with E-state index in [1.165, 1.54) is 6.20 Å². The van der Waals surface area contributed by atoms with Crippen molar-refractivity contribution in [1.82, 2.24) is 9.97 Å². The van der Waals surface area contributed by atoms with Gasteiger partial charge in [0.25, 0.3) is 5.91 Å². The molecule has 0 bridgehead atoms. The lowest BCUT2D eigenvalue weighted by atomic mass is 10.0. The number of halogens is 2. The highest BCUT2D eigenvalue weighted by atomic mass is 35.5. The molecule has 0 atom stereocenters. The van der Waals surface area contributed by atoms with Crippen LogP contribution in [0.15, 0.2) is 36.7 Å². The van der Waals surface area contributed by atoms with Gasteiger partial charge in [0.05, 0.1) is 30.0 Å². The Labute approximate surface area is 165 Å². The highest BCUT2D eigenvalue weighted by Gasteiger charge is 2.23. The number of hydrogen-bond donors (Lipinski definition) is 1. The van der Waals surface area contributed by atoms with E-state index in [0.29, 0.717) is 58.6 Å². The molecule has 4 rings (SSSR count). The Balaban J connectivity index is 1.98. The predicted octanol–water partition coefficient (Wildman–Crippen LogP) is 3.54. The second kappa shape index (κ2) is 7.31. The Morgan fingerprint density at radius 1 is 1.07 bits per heavy atom. The monoisotopic (exact) mass is 402 g/mol. The van der Waals surface area contributed by atoms with E-state index in [2.05, 4.69) is 14.9 Å². The maximum Gasteiger partial charge on any atom is 0.252 e. The zero-order valence-electron chi connectivity index (χ0n) is 14.3. The topological polar surface area (TPSA) is 81.3 Å². The number of nitrogens with zero attached hydrogens (tertiary/aromatic N) is 3. The Bertz CT molecular complexity index is 1020. The van der Waals surface area contributed by atoms with Gasteiger partial charge in [-0.1, -0.05) is 23.2 Å². The van der Waals surface area contributed by atoms with Gasteiger partial charge in [-0.15, -0.1) is 0 Å². The van der Waals surface area contributed by atoms with E-state index in [1.54, 1.807) is 12.3 Å². The fraction of sp³-hybridized carbons (Fsp3) is 0.211. The third-order valence-electron chi connectivity index (χ3n) is 4.49. The van der Waals surface area contributed by atoms with Gasteiger partial charge < -0.3 is 15.4 Å². The van der Waals surface area contributed by atoms with Crippen LogP contribution in [0.1, 0.15) is 10.4 Å². The average molecular weight is 403 g/mol. The predicted molar refractivity (Wildman–Crippen MR) is 107 cm³/mol. The number of ether oxygens (including phenoxy) is 1. The van der Waals surface area contributed by atoms with Gasteiger partial charge in [-0.3, -0.25) is 14.8 Å². The molecule has 1 aliphatic heterocycles. The molecule has 2 N–H and O–H groups in total.